The van der Waals surface area contributed by atoms with Crippen molar-refractivity contribution < 1.29 is 9.53 Å². The van der Waals surface area contributed by atoms with E-state index >= 15 is 0 Å². The van der Waals surface area contributed by atoms with Crippen LogP contribution in [0, 0.1) is 0 Å². The standard InChI is InChI=1S/C14H18O2/c1-5-7-11-8-6-9-12(10-11)13(15)16-14(2,3)4/h5-6,8-10H,1,7H2,2-4H3. The predicted molar refractivity (Wildman–Crippen MR) is 65.5 cm³/mol. The van der Waals surface area contributed by atoms with Gasteiger partial charge >= 0.3 is 5.97 Å². The lowest BCUT2D eigenvalue weighted by molar-refractivity contribution is 0.00694. The topological polar surface area (TPSA) is 26.3 Å². The summed E-state index contributed by atoms with van der Waals surface area (Å²) < 4.78 is 5.29. The van der Waals surface area contributed by atoms with E-state index in [0.29, 0.717) is 5.56 Å². The van der Waals surface area contributed by atoms with Crippen molar-refractivity contribution in [2.75, 3.05) is 0 Å². The highest BCUT2D eigenvalue weighted by Gasteiger charge is 2.17. The van der Waals surface area contributed by atoms with Gasteiger partial charge < -0.3 is 4.74 Å². The summed E-state index contributed by atoms with van der Waals surface area (Å²) in [6, 6.07) is 7.43. The zero-order chi connectivity index (χ0) is 12.2. The highest BCUT2D eigenvalue weighted by molar-refractivity contribution is 5.89. The first-order chi connectivity index (χ1) is 7.42. The lowest BCUT2D eigenvalue weighted by Crippen LogP contribution is -2.23. The van der Waals surface area contributed by atoms with Gasteiger partial charge in [0.15, 0.2) is 0 Å². The van der Waals surface area contributed by atoms with Crippen LogP contribution in [0.5, 0.6) is 0 Å². The van der Waals surface area contributed by atoms with E-state index in [0.717, 1.165) is 12.0 Å². The third-order valence-electron chi connectivity index (χ3n) is 1.94. The molecule has 0 spiro atoms. The van der Waals surface area contributed by atoms with Crippen molar-refractivity contribution in [1.82, 2.24) is 0 Å². The van der Waals surface area contributed by atoms with Gasteiger partial charge in [-0.2, -0.15) is 0 Å². The average molecular weight is 218 g/mol. The molecule has 0 aliphatic rings. The number of rotatable bonds is 3. The number of allylic oxidation sites excluding steroid dienone is 1. The van der Waals surface area contributed by atoms with E-state index in [2.05, 4.69) is 6.58 Å². The smallest absolute Gasteiger partial charge is 0.338 e. The Labute approximate surface area is 96.9 Å². The summed E-state index contributed by atoms with van der Waals surface area (Å²) in [5.74, 6) is -0.279. The van der Waals surface area contributed by atoms with Crippen molar-refractivity contribution in [2.24, 2.45) is 0 Å². The Balaban J connectivity index is 2.83. The van der Waals surface area contributed by atoms with Crippen LogP contribution in [0.25, 0.3) is 0 Å². The van der Waals surface area contributed by atoms with Gasteiger partial charge in [-0.25, -0.2) is 4.79 Å². The molecule has 0 saturated carbocycles. The molecule has 1 aromatic rings. The van der Waals surface area contributed by atoms with Crippen LogP contribution in [0.1, 0.15) is 36.7 Å². The van der Waals surface area contributed by atoms with Crippen LogP contribution in [-0.2, 0) is 11.2 Å². The minimum absolute atomic E-state index is 0.279. The van der Waals surface area contributed by atoms with E-state index in [1.54, 1.807) is 6.07 Å². The van der Waals surface area contributed by atoms with E-state index in [4.69, 9.17) is 4.74 Å². The third kappa shape index (κ3) is 3.89. The number of ether oxygens (including phenoxy) is 1. The Hall–Kier alpha value is -1.57. The Morgan fingerprint density at radius 1 is 1.44 bits per heavy atom. The highest BCUT2D eigenvalue weighted by Crippen LogP contribution is 2.13. The summed E-state index contributed by atoms with van der Waals surface area (Å²) in [5, 5.41) is 0. The monoisotopic (exact) mass is 218 g/mol. The van der Waals surface area contributed by atoms with Gasteiger partial charge in [0.25, 0.3) is 0 Å². The normalized spacial score (nSPS) is 10.9. The van der Waals surface area contributed by atoms with Crippen LogP contribution < -0.4 is 0 Å². The number of benzene rings is 1. The van der Waals surface area contributed by atoms with Gasteiger partial charge in [0, 0.05) is 0 Å². The molecule has 0 heterocycles. The summed E-state index contributed by atoms with van der Waals surface area (Å²) in [7, 11) is 0. The Morgan fingerprint density at radius 2 is 2.12 bits per heavy atom. The van der Waals surface area contributed by atoms with E-state index in [-0.39, 0.29) is 5.97 Å². The molecule has 0 bridgehead atoms. The fourth-order valence-electron chi connectivity index (χ4n) is 1.33. The van der Waals surface area contributed by atoms with E-state index in [1.165, 1.54) is 0 Å². The quantitative estimate of drug-likeness (QED) is 0.574. The fourth-order valence-corrected chi connectivity index (χ4v) is 1.33. The summed E-state index contributed by atoms with van der Waals surface area (Å²) in [5.41, 5.74) is 1.21. The SMILES string of the molecule is C=CCc1cccc(C(=O)OC(C)(C)C)c1. The molecule has 0 aliphatic heterocycles. The maximum absolute atomic E-state index is 11.8. The van der Waals surface area contributed by atoms with Gasteiger partial charge in [-0.15, -0.1) is 6.58 Å². The Bertz CT molecular complexity index is 386. The summed E-state index contributed by atoms with van der Waals surface area (Å²) >= 11 is 0. The maximum atomic E-state index is 11.8. The van der Waals surface area contributed by atoms with Crippen LogP contribution in [0.15, 0.2) is 36.9 Å². The molecule has 0 aliphatic carbocycles. The summed E-state index contributed by atoms with van der Waals surface area (Å²) in [6.07, 6.45) is 2.57. The zero-order valence-corrected chi connectivity index (χ0v) is 10.1. The largest absolute Gasteiger partial charge is 0.456 e. The third-order valence-corrected chi connectivity index (χ3v) is 1.94. The van der Waals surface area contributed by atoms with Crippen LogP contribution in [-0.4, -0.2) is 11.6 Å². The first-order valence-corrected chi connectivity index (χ1v) is 5.35. The number of carbonyl (C=O) groups is 1. The van der Waals surface area contributed by atoms with E-state index in [9.17, 15) is 4.79 Å². The molecule has 1 rings (SSSR count). The molecule has 0 aromatic heterocycles. The van der Waals surface area contributed by atoms with Gasteiger partial charge in [-0.05, 0) is 44.9 Å². The minimum Gasteiger partial charge on any atom is -0.456 e. The first-order valence-electron chi connectivity index (χ1n) is 5.35. The lowest BCUT2D eigenvalue weighted by Gasteiger charge is -2.19. The number of esters is 1. The second-order valence-electron chi connectivity index (χ2n) is 4.70. The van der Waals surface area contributed by atoms with Crippen molar-refractivity contribution >= 4 is 5.97 Å². The molecule has 0 atom stereocenters. The molecular formula is C14H18O2. The molecule has 0 amide bonds. The molecule has 0 unspecified atom stereocenters. The molecule has 2 heteroatoms. The molecule has 0 radical (unpaired) electrons. The van der Waals surface area contributed by atoms with Crippen LogP contribution >= 0.6 is 0 Å². The van der Waals surface area contributed by atoms with Crippen molar-refractivity contribution in [3.8, 4) is 0 Å². The molecule has 1 aromatic carbocycles. The molecule has 0 N–H and O–H groups in total. The van der Waals surface area contributed by atoms with Crippen molar-refractivity contribution in [2.45, 2.75) is 32.8 Å². The average Bonchev–Trinajstić information content (AvgIpc) is 2.16. The van der Waals surface area contributed by atoms with Crippen LogP contribution in [0.3, 0.4) is 0 Å². The number of hydrogen-bond acceptors (Lipinski definition) is 2. The van der Waals surface area contributed by atoms with Gasteiger partial charge in [0.05, 0.1) is 5.56 Å². The zero-order valence-electron chi connectivity index (χ0n) is 10.1. The molecule has 0 fully saturated rings. The van der Waals surface area contributed by atoms with E-state index in [1.807, 2.05) is 45.0 Å². The van der Waals surface area contributed by atoms with Crippen molar-refractivity contribution in [3.05, 3.63) is 48.0 Å². The van der Waals surface area contributed by atoms with Crippen molar-refractivity contribution in [1.29, 1.82) is 0 Å². The van der Waals surface area contributed by atoms with Crippen molar-refractivity contribution in [3.63, 3.8) is 0 Å². The van der Waals surface area contributed by atoms with Gasteiger partial charge in [-0.1, -0.05) is 18.2 Å². The van der Waals surface area contributed by atoms with Gasteiger partial charge in [-0.3, -0.25) is 0 Å². The summed E-state index contributed by atoms with van der Waals surface area (Å²) in [6.45, 7) is 9.25. The Kier molecular flexibility index (Phi) is 3.88. The summed E-state index contributed by atoms with van der Waals surface area (Å²) in [4.78, 5) is 11.8. The second kappa shape index (κ2) is 4.97. The minimum atomic E-state index is -0.453. The lowest BCUT2D eigenvalue weighted by atomic mass is 10.1. The Morgan fingerprint density at radius 3 is 2.69 bits per heavy atom. The molecule has 0 saturated heterocycles. The fraction of sp³-hybridized carbons (Fsp3) is 0.357. The molecular weight excluding hydrogens is 200 g/mol. The second-order valence-corrected chi connectivity index (χ2v) is 4.70. The van der Waals surface area contributed by atoms with Crippen LogP contribution in [0.4, 0.5) is 0 Å². The predicted octanol–water partition coefficient (Wildman–Crippen LogP) is 3.37. The molecule has 86 valence electrons. The van der Waals surface area contributed by atoms with Gasteiger partial charge in [0.1, 0.15) is 5.60 Å². The number of hydrogen-bond donors (Lipinski definition) is 0. The molecule has 2 nitrogen and oxygen atoms in total. The first kappa shape index (κ1) is 12.5. The van der Waals surface area contributed by atoms with Gasteiger partial charge in [0.2, 0.25) is 0 Å². The maximum Gasteiger partial charge on any atom is 0.338 e. The van der Waals surface area contributed by atoms with E-state index < -0.39 is 5.60 Å². The van der Waals surface area contributed by atoms with Crippen LogP contribution in [0.2, 0.25) is 0 Å². The highest BCUT2D eigenvalue weighted by atomic mass is 16.6. The number of carbonyl (C=O) groups excluding carboxylic acids is 1. The molecule has 16 heavy (non-hydrogen) atoms.